The van der Waals surface area contributed by atoms with Crippen molar-refractivity contribution in [3.8, 4) is 0 Å². The van der Waals surface area contributed by atoms with E-state index in [9.17, 15) is 19.5 Å². The van der Waals surface area contributed by atoms with Gasteiger partial charge in [0, 0.05) is 29.0 Å². The van der Waals surface area contributed by atoms with Crippen molar-refractivity contribution in [1.29, 1.82) is 0 Å². The van der Waals surface area contributed by atoms with E-state index in [4.69, 9.17) is 27.9 Å². The Morgan fingerprint density at radius 1 is 1.21 bits per heavy atom. The third kappa shape index (κ3) is 5.80. The molecule has 1 saturated heterocycles. The Morgan fingerprint density at radius 2 is 1.91 bits per heavy atom. The predicted molar refractivity (Wildman–Crippen MR) is 131 cm³/mol. The fourth-order valence-corrected chi connectivity index (χ4v) is 5.23. The van der Waals surface area contributed by atoms with Crippen LogP contribution in [0.5, 0.6) is 0 Å². The molecule has 1 aliphatic rings. The van der Waals surface area contributed by atoms with E-state index < -0.39 is 23.5 Å². The number of aliphatic carboxylic acids is 1. The molecule has 0 aliphatic carbocycles. The lowest BCUT2D eigenvalue weighted by Crippen LogP contribution is -2.57. The zero-order valence-corrected chi connectivity index (χ0v) is 20.8. The minimum Gasteiger partial charge on any atom is -0.481 e. The summed E-state index contributed by atoms with van der Waals surface area (Å²) < 4.78 is 5.65. The van der Waals surface area contributed by atoms with Gasteiger partial charge in [0.1, 0.15) is 6.29 Å². The molecule has 1 aliphatic heterocycles. The molecule has 0 saturated carbocycles. The van der Waals surface area contributed by atoms with Crippen LogP contribution in [0, 0.1) is 5.41 Å². The summed E-state index contributed by atoms with van der Waals surface area (Å²) in [7, 11) is 0. The maximum atomic E-state index is 14.0. The van der Waals surface area contributed by atoms with Crippen LogP contribution in [0.3, 0.4) is 0 Å². The summed E-state index contributed by atoms with van der Waals surface area (Å²) in [5, 5.41) is 10.8. The fraction of sp³-hybridized carbons (Fsp3) is 0.423. The highest BCUT2D eigenvalue weighted by Crippen LogP contribution is 2.52. The summed E-state index contributed by atoms with van der Waals surface area (Å²) in [4.78, 5) is 39.1. The van der Waals surface area contributed by atoms with Crippen molar-refractivity contribution in [2.45, 2.75) is 51.1 Å². The van der Waals surface area contributed by atoms with E-state index in [1.165, 1.54) is 0 Å². The number of amides is 1. The SMILES string of the molecule is CCOC[C@H](CC=O)N1C(=O)[C@@](C)(CC(=O)O)C[C@H](c2cccc(Cl)c2)[C@H]1c1ccc(Cl)cc1. The largest absolute Gasteiger partial charge is 0.481 e. The molecule has 0 unspecified atom stereocenters. The van der Waals surface area contributed by atoms with Gasteiger partial charge in [-0.15, -0.1) is 0 Å². The van der Waals surface area contributed by atoms with Crippen LogP contribution in [-0.4, -0.2) is 47.4 Å². The molecule has 1 N–H and O–H groups in total. The highest BCUT2D eigenvalue weighted by Gasteiger charge is 2.52. The van der Waals surface area contributed by atoms with Gasteiger partial charge in [-0.2, -0.15) is 0 Å². The van der Waals surface area contributed by atoms with Crippen molar-refractivity contribution in [2.24, 2.45) is 5.41 Å². The van der Waals surface area contributed by atoms with Gasteiger partial charge in [0.25, 0.3) is 0 Å². The van der Waals surface area contributed by atoms with Gasteiger partial charge in [-0.3, -0.25) is 9.59 Å². The number of benzene rings is 2. The number of hydrogen-bond donors (Lipinski definition) is 1. The fourth-order valence-electron chi connectivity index (χ4n) is 4.91. The van der Waals surface area contributed by atoms with E-state index in [0.29, 0.717) is 23.1 Å². The maximum absolute atomic E-state index is 14.0. The monoisotopic (exact) mass is 505 g/mol. The minimum absolute atomic E-state index is 0.0707. The zero-order valence-electron chi connectivity index (χ0n) is 19.2. The summed E-state index contributed by atoms with van der Waals surface area (Å²) in [5.41, 5.74) is 0.560. The molecule has 1 amide bonds. The number of carbonyl (C=O) groups excluding carboxylic acids is 2. The molecule has 34 heavy (non-hydrogen) atoms. The van der Waals surface area contributed by atoms with Crippen LogP contribution in [0.2, 0.25) is 10.0 Å². The van der Waals surface area contributed by atoms with Crippen LogP contribution >= 0.6 is 23.2 Å². The lowest BCUT2D eigenvalue weighted by atomic mass is 9.67. The number of hydrogen-bond acceptors (Lipinski definition) is 4. The highest BCUT2D eigenvalue weighted by molar-refractivity contribution is 6.30. The van der Waals surface area contributed by atoms with E-state index in [1.807, 2.05) is 37.3 Å². The van der Waals surface area contributed by atoms with Gasteiger partial charge >= 0.3 is 5.97 Å². The molecule has 3 rings (SSSR count). The number of likely N-dealkylation sites (tertiary alicyclic amines) is 1. The Morgan fingerprint density at radius 3 is 2.50 bits per heavy atom. The number of nitrogens with zero attached hydrogens (tertiary/aromatic N) is 1. The number of halogens is 2. The van der Waals surface area contributed by atoms with Gasteiger partial charge in [0.2, 0.25) is 5.91 Å². The predicted octanol–water partition coefficient (Wildman–Crippen LogP) is 5.53. The second-order valence-electron chi connectivity index (χ2n) is 8.92. The number of rotatable bonds is 10. The van der Waals surface area contributed by atoms with Crippen molar-refractivity contribution in [3.05, 3.63) is 69.7 Å². The first kappa shape index (κ1) is 26.2. The van der Waals surface area contributed by atoms with Gasteiger partial charge in [0.15, 0.2) is 0 Å². The van der Waals surface area contributed by atoms with E-state index in [2.05, 4.69) is 0 Å². The maximum Gasteiger partial charge on any atom is 0.304 e. The number of carboxylic acids is 1. The van der Waals surface area contributed by atoms with E-state index in [-0.39, 0.29) is 31.3 Å². The molecule has 0 aromatic heterocycles. The molecule has 4 atom stereocenters. The summed E-state index contributed by atoms with van der Waals surface area (Å²) >= 11 is 12.5. The number of carboxylic acid groups (broad SMARTS) is 1. The van der Waals surface area contributed by atoms with Crippen LogP contribution in [0.15, 0.2) is 48.5 Å². The second-order valence-corrected chi connectivity index (χ2v) is 9.79. The van der Waals surface area contributed by atoms with Crippen LogP contribution in [0.4, 0.5) is 0 Å². The van der Waals surface area contributed by atoms with Crippen LogP contribution in [0.25, 0.3) is 0 Å². The Hall–Kier alpha value is -2.41. The lowest BCUT2D eigenvalue weighted by Gasteiger charge is -2.51. The van der Waals surface area contributed by atoms with Crippen molar-refractivity contribution < 1.29 is 24.2 Å². The summed E-state index contributed by atoms with van der Waals surface area (Å²) in [6, 6.07) is 13.6. The van der Waals surface area contributed by atoms with Crippen molar-refractivity contribution >= 4 is 41.4 Å². The van der Waals surface area contributed by atoms with Gasteiger partial charge < -0.3 is 19.5 Å². The van der Waals surface area contributed by atoms with Crippen LogP contribution in [-0.2, 0) is 19.1 Å². The minimum atomic E-state index is -1.17. The third-order valence-electron chi connectivity index (χ3n) is 6.41. The molecule has 2 aromatic rings. The molecular weight excluding hydrogens is 477 g/mol. The van der Waals surface area contributed by atoms with Crippen molar-refractivity contribution in [2.75, 3.05) is 13.2 Å². The van der Waals surface area contributed by atoms with E-state index in [0.717, 1.165) is 17.4 Å². The van der Waals surface area contributed by atoms with E-state index in [1.54, 1.807) is 30.0 Å². The average Bonchev–Trinajstić information content (AvgIpc) is 2.78. The molecule has 6 nitrogen and oxygen atoms in total. The first-order valence-corrected chi connectivity index (χ1v) is 12.0. The summed E-state index contributed by atoms with van der Waals surface area (Å²) in [6.07, 6.45) is 0.828. The lowest BCUT2D eigenvalue weighted by molar-refractivity contribution is -0.162. The summed E-state index contributed by atoms with van der Waals surface area (Å²) in [6.45, 7) is 4.12. The Balaban J connectivity index is 2.23. The van der Waals surface area contributed by atoms with Gasteiger partial charge in [-0.25, -0.2) is 0 Å². The Bertz CT molecular complexity index is 1030. The first-order valence-electron chi connectivity index (χ1n) is 11.3. The van der Waals surface area contributed by atoms with Gasteiger partial charge in [0.05, 0.1) is 30.5 Å². The normalized spacial score (nSPS) is 23.5. The first-order chi connectivity index (χ1) is 16.2. The molecule has 182 valence electrons. The number of ether oxygens (including phenoxy) is 1. The van der Waals surface area contributed by atoms with Gasteiger partial charge in [-0.1, -0.05) is 54.4 Å². The van der Waals surface area contributed by atoms with Crippen molar-refractivity contribution in [1.82, 2.24) is 4.90 Å². The molecular formula is C26H29Cl2NO5. The summed E-state index contributed by atoms with van der Waals surface area (Å²) in [5.74, 6) is -1.63. The zero-order chi connectivity index (χ0) is 24.9. The van der Waals surface area contributed by atoms with Crippen LogP contribution in [0.1, 0.15) is 56.2 Å². The molecule has 2 aromatic carbocycles. The van der Waals surface area contributed by atoms with Gasteiger partial charge in [-0.05, 0) is 48.7 Å². The molecule has 0 bridgehead atoms. The topological polar surface area (TPSA) is 83.9 Å². The molecule has 1 heterocycles. The quantitative estimate of drug-likeness (QED) is 0.429. The van der Waals surface area contributed by atoms with E-state index >= 15 is 0 Å². The number of piperidine rings is 1. The third-order valence-corrected chi connectivity index (χ3v) is 6.89. The molecule has 1 fully saturated rings. The molecule has 0 radical (unpaired) electrons. The Kier molecular flexibility index (Phi) is 8.74. The smallest absolute Gasteiger partial charge is 0.304 e. The number of carbonyl (C=O) groups is 3. The molecule has 0 spiro atoms. The standard InChI is InChI=1S/C26H29Cl2NO5/c1-3-34-16-21(11-12-30)29-24(17-7-9-19(27)10-8-17)22(18-5-4-6-20(28)13-18)14-26(2,25(29)33)15-23(31)32/h4-10,12-13,21-22,24H,3,11,14-16H2,1-2H3,(H,31,32)/t21-,22+,24+,26+/m0/s1. The molecule has 8 heteroatoms. The average molecular weight is 506 g/mol. The Labute approximate surface area is 209 Å². The van der Waals surface area contributed by atoms with Crippen molar-refractivity contribution in [3.63, 3.8) is 0 Å². The second kappa shape index (κ2) is 11.3. The van der Waals surface area contributed by atoms with Crippen LogP contribution < -0.4 is 0 Å². The number of aldehydes is 1. The highest BCUT2D eigenvalue weighted by atomic mass is 35.5.